The van der Waals surface area contributed by atoms with Crippen molar-refractivity contribution in [1.29, 1.82) is 0 Å². The number of benzene rings is 1. The number of nitrogens with one attached hydrogen (secondary N) is 1. The Morgan fingerprint density at radius 1 is 1.19 bits per heavy atom. The largest absolute Gasteiger partial charge is 0.312 e. The molecule has 1 heterocycles. The van der Waals surface area contributed by atoms with E-state index in [-0.39, 0.29) is 0 Å². The SMILES string of the molecule is CCC1CCCCCN1CC(NC)c1ccc(C)c(C)c1. The van der Waals surface area contributed by atoms with Crippen LogP contribution in [0.2, 0.25) is 0 Å². The van der Waals surface area contributed by atoms with Gasteiger partial charge in [-0.15, -0.1) is 0 Å². The Morgan fingerprint density at radius 2 is 2.00 bits per heavy atom. The van der Waals surface area contributed by atoms with Gasteiger partial charge in [-0.05, 0) is 63.4 Å². The van der Waals surface area contributed by atoms with Crippen LogP contribution in [0.25, 0.3) is 0 Å². The highest BCUT2D eigenvalue weighted by Gasteiger charge is 2.22. The Labute approximate surface area is 130 Å². The molecule has 21 heavy (non-hydrogen) atoms. The van der Waals surface area contributed by atoms with Gasteiger partial charge in [0, 0.05) is 18.6 Å². The van der Waals surface area contributed by atoms with Gasteiger partial charge >= 0.3 is 0 Å². The number of aryl methyl sites for hydroxylation is 2. The second kappa shape index (κ2) is 7.95. The number of hydrogen-bond acceptors (Lipinski definition) is 2. The smallest absolute Gasteiger partial charge is 0.0447 e. The molecule has 2 atom stereocenters. The zero-order valence-corrected chi connectivity index (χ0v) is 14.3. The Morgan fingerprint density at radius 3 is 2.67 bits per heavy atom. The van der Waals surface area contributed by atoms with Gasteiger partial charge in [-0.25, -0.2) is 0 Å². The Kier molecular flexibility index (Phi) is 6.25. The Bertz CT molecular complexity index is 441. The third-order valence-electron chi connectivity index (χ3n) is 5.17. The molecule has 0 spiro atoms. The lowest BCUT2D eigenvalue weighted by molar-refractivity contribution is 0.176. The first-order valence-electron chi connectivity index (χ1n) is 8.64. The summed E-state index contributed by atoms with van der Waals surface area (Å²) in [5, 5.41) is 3.54. The summed E-state index contributed by atoms with van der Waals surface area (Å²) in [7, 11) is 2.10. The minimum absolute atomic E-state index is 0.441. The lowest BCUT2D eigenvalue weighted by Crippen LogP contribution is -2.40. The molecule has 0 aliphatic carbocycles. The molecular weight excluding hydrogens is 256 g/mol. The number of rotatable bonds is 5. The van der Waals surface area contributed by atoms with E-state index in [0.29, 0.717) is 6.04 Å². The van der Waals surface area contributed by atoms with Crippen molar-refractivity contribution in [3.8, 4) is 0 Å². The standard InChI is InChI=1S/C19H32N2/c1-5-18-9-7-6-8-12-21(18)14-19(20-4)17-11-10-15(2)16(3)13-17/h10-11,13,18-20H,5-9,12,14H2,1-4H3. The molecule has 0 bridgehead atoms. The topological polar surface area (TPSA) is 15.3 Å². The maximum Gasteiger partial charge on any atom is 0.0447 e. The van der Waals surface area contributed by atoms with Crippen LogP contribution >= 0.6 is 0 Å². The van der Waals surface area contributed by atoms with Crippen LogP contribution in [0.4, 0.5) is 0 Å². The summed E-state index contributed by atoms with van der Waals surface area (Å²) in [6, 6.07) is 8.12. The lowest BCUT2D eigenvalue weighted by atomic mass is 9.99. The molecule has 1 N–H and O–H groups in total. The van der Waals surface area contributed by atoms with Crippen molar-refractivity contribution in [1.82, 2.24) is 10.2 Å². The highest BCUT2D eigenvalue weighted by molar-refractivity contribution is 5.31. The van der Waals surface area contributed by atoms with Gasteiger partial charge in [-0.2, -0.15) is 0 Å². The van der Waals surface area contributed by atoms with Crippen molar-refractivity contribution in [2.75, 3.05) is 20.1 Å². The normalized spacial score (nSPS) is 22.0. The van der Waals surface area contributed by atoms with Gasteiger partial charge in [0.1, 0.15) is 0 Å². The summed E-state index contributed by atoms with van der Waals surface area (Å²) in [6.07, 6.45) is 6.83. The van der Waals surface area contributed by atoms with Crippen LogP contribution in [0.1, 0.15) is 61.8 Å². The lowest BCUT2D eigenvalue weighted by Gasteiger charge is -2.33. The molecule has 2 heteroatoms. The average molecular weight is 288 g/mol. The molecule has 1 aliphatic heterocycles. The van der Waals surface area contributed by atoms with Crippen LogP contribution in [0.15, 0.2) is 18.2 Å². The molecule has 2 rings (SSSR count). The molecule has 1 aliphatic rings. The predicted molar refractivity (Wildman–Crippen MR) is 91.8 cm³/mol. The summed E-state index contributed by atoms with van der Waals surface area (Å²) >= 11 is 0. The molecule has 1 aromatic carbocycles. The number of likely N-dealkylation sites (N-methyl/N-ethyl adjacent to an activating group) is 1. The maximum atomic E-state index is 3.54. The molecule has 2 nitrogen and oxygen atoms in total. The predicted octanol–water partition coefficient (Wildman–Crippen LogP) is 4.22. The molecule has 0 radical (unpaired) electrons. The van der Waals surface area contributed by atoms with Crippen LogP contribution in [0, 0.1) is 13.8 Å². The third-order valence-corrected chi connectivity index (χ3v) is 5.17. The molecule has 1 aromatic rings. The minimum atomic E-state index is 0.441. The fourth-order valence-electron chi connectivity index (χ4n) is 3.52. The molecule has 1 fully saturated rings. The van der Waals surface area contributed by atoms with E-state index in [1.807, 2.05) is 0 Å². The zero-order valence-electron chi connectivity index (χ0n) is 14.3. The van der Waals surface area contributed by atoms with Crippen LogP contribution in [0.3, 0.4) is 0 Å². The molecule has 2 unspecified atom stereocenters. The summed E-state index contributed by atoms with van der Waals surface area (Å²) in [4.78, 5) is 2.73. The number of likely N-dealkylation sites (tertiary alicyclic amines) is 1. The van der Waals surface area contributed by atoms with Crippen molar-refractivity contribution in [3.05, 3.63) is 34.9 Å². The van der Waals surface area contributed by atoms with E-state index in [9.17, 15) is 0 Å². The zero-order chi connectivity index (χ0) is 15.2. The van der Waals surface area contributed by atoms with E-state index in [1.54, 1.807) is 0 Å². The van der Waals surface area contributed by atoms with Gasteiger partial charge < -0.3 is 5.32 Å². The minimum Gasteiger partial charge on any atom is -0.312 e. The van der Waals surface area contributed by atoms with Crippen LogP contribution in [-0.4, -0.2) is 31.1 Å². The summed E-state index contributed by atoms with van der Waals surface area (Å²) < 4.78 is 0. The summed E-state index contributed by atoms with van der Waals surface area (Å²) in [5.41, 5.74) is 4.21. The number of nitrogens with zero attached hydrogens (tertiary/aromatic N) is 1. The van der Waals surface area contributed by atoms with E-state index < -0.39 is 0 Å². The highest BCUT2D eigenvalue weighted by Crippen LogP contribution is 2.24. The Hall–Kier alpha value is -0.860. The fraction of sp³-hybridized carbons (Fsp3) is 0.684. The van der Waals surface area contributed by atoms with Crippen molar-refractivity contribution >= 4 is 0 Å². The van der Waals surface area contributed by atoms with Crippen molar-refractivity contribution < 1.29 is 0 Å². The van der Waals surface area contributed by atoms with Gasteiger partial charge in [-0.1, -0.05) is 38.0 Å². The van der Waals surface area contributed by atoms with Gasteiger partial charge in [0.05, 0.1) is 0 Å². The summed E-state index contributed by atoms with van der Waals surface area (Å²) in [6.45, 7) is 9.15. The first kappa shape index (κ1) is 16.5. The highest BCUT2D eigenvalue weighted by atomic mass is 15.2. The maximum absolute atomic E-state index is 3.54. The van der Waals surface area contributed by atoms with Crippen LogP contribution in [-0.2, 0) is 0 Å². The molecule has 1 saturated heterocycles. The van der Waals surface area contributed by atoms with E-state index in [2.05, 4.69) is 56.2 Å². The first-order valence-corrected chi connectivity index (χ1v) is 8.64. The Balaban J connectivity index is 2.11. The summed E-state index contributed by atoms with van der Waals surface area (Å²) in [5.74, 6) is 0. The molecule has 118 valence electrons. The third kappa shape index (κ3) is 4.31. The molecule has 0 amide bonds. The molecule has 0 aromatic heterocycles. The van der Waals surface area contributed by atoms with Gasteiger partial charge in [0.2, 0.25) is 0 Å². The van der Waals surface area contributed by atoms with E-state index in [1.165, 1.54) is 55.3 Å². The van der Waals surface area contributed by atoms with Crippen molar-refractivity contribution in [2.45, 2.75) is 65.0 Å². The van der Waals surface area contributed by atoms with Crippen molar-refractivity contribution in [2.24, 2.45) is 0 Å². The van der Waals surface area contributed by atoms with Gasteiger partial charge in [-0.3, -0.25) is 4.90 Å². The second-order valence-corrected chi connectivity index (χ2v) is 6.59. The molecular formula is C19H32N2. The molecule has 0 saturated carbocycles. The average Bonchev–Trinajstić information content (AvgIpc) is 2.72. The quantitative estimate of drug-likeness (QED) is 0.872. The van der Waals surface area contributed by atoms with Crippen LogP contribution in [0.5, 0.6) is 0 Å². The first-order chi connectivity index (χ1) is 10.2. The van der Waals surface area contributed by atoms with E-state index in [0.717, 1.165) is 12.6 Å². The van der Waals surface area contributed by atoms with E-state index >= 15 is 0 Å². The van der Waals surface area contributed by atoms with Crippen molar-refractivity contribution in [3.63, 3.8) is 0 Å². The fourth-order valence-corrected chi connectivity index (χ4v) is 3.52. The van der Waals surface area contributed by atoms with E-state index in [4.69, 9.17) is 0 Å². The van der Waals surface area contributed by atoms with Gasteiger partial charge in [0.25, 0.3) is 0 Å². The second-order valence-electron chi connectivity index (χ2n) is 6.59. The van der Waals surface area contributed by atoms with Crippen LogP contribution < -0.4 is 5.32 Å². The van der Waals surface area contributed by atoms with Gasteiger partial charge in [0.15, 0.2) is 0 Å². The monoisotopic (exact) mass is 288 g/mol. The number of hydrogen-bond donors (Lipinski definition) is 1.